The quantitative estimate of drug-likeness (QED) is 0.755. The molecule has 3 nitrogen and oxygen atoms in total. The molecule has 0 fully saturated rings. The molecule has 0 saturated carbocycles. The third kappa shape index (κ3) is 1.63. The highest BCUT2D eigenvalue weighted by atomic mass is 15.2. The van der Waals surface area contributed by atoms with E-state index in [0.717, 1.165) is 24.5 Å². The molecule has 1 unspecified atom stereocenters. The van der Waals surface area contributed by atoms with E-state index >= 15 is 0 Å². The summed E-state index contributed by atoms with van der Waals surface area (Å²) in [7, 11) is 2.04. The molecule has 74 valence electrons. The lowest BCUT2D eigenvalue weighted by Gasteiger charge is -2.19. The Labute approximate surface area is 84.2 Å². The summed E-state index contributed by atoms with van der Waals surface area (Å²) in [4.78, 5) is 6.53. The van der Waals surface area contributed by atoms with Crippen LogP contribution in [0.1, 0.15) is 11.6 Å². The maximum absolute atomic E-state index is 6.12. The maximum atomic E-state index is 6.12. The van der Waals surface area contributed by atoms with Crippen LogP contribution in [0, 0.1) is 0 Å². The highest BCUT2D eigenvalue weighted by Gasteiger charge is 2.20. The van der Waals surface area contributed by atoms with E-state index in [0.29, 0.717) is 0 Å². The average molecular weight is 189 g/mol. The minimum absolute atomic E-state index is 0.0799. The Morgan fingerprint density at radius 2 is 2.07 bits per heavy atom. The van der Waals surface area contributed by atoms with Crippen LogP contribution >= 0.6 is 0 Å². The van der Waals surface area contributed by atoms with Crippen molar-refractivity contribution in [1.29, 1.82) is 0 Å². The van der Waals surface area contributed by atoms with Crippen molar-refractivity contribution in [2.45, 2.75) is 6.04 Å². The van der Waals surface area contributed by atoms with Crippen molar-refractivity contribution in [1.82, 2.24) is 4.90 Å². The second kappa shape index (κ2) is 3.80. The molecule has 1 heterocycles. The molecule has 0 aromatic heterocycles. The smallest absolute Gasteiger partial charge is 0.120 e. The van der Waals surface area contributed by atoms with Gasteiger partial charge in [-0.15, -0.1) is 0 Å². The molecule has 0 bridgehead atoms. The molecule has 0 spiro atoms. The van der Waals surface area contributed by atoms with E-state index in [9.17, 15) is 0 Å². The predicted molar refractivity (Wildman–Crippen MR) is 58.3 cm³/mol. The van der Waals surface area contributed by atoms with Gasteiger partial charge in [-0.05, 0) is 5.56 Å². The number of hydrogen-bond acceptors (Lipinski definition) is 3. The molecule has 3 heteroatoms. The van der Waals surface area contributed by atoms with Crippen molar-refractivity contribution in [2.24, 2.45) is 10.7 Å². The van der Waals surface area contributed by atoms with Crippen molar-refractivity contribution in [2.75, 3.05) is 20.1 Å². The zero-order valence-corrected chi connectivity index (χ0v) is 8.35. The molecule has 1 aromatic carbocycles. The zero-order chi connectivity index (χ0) is 9.97. The van der Waals surface area contributed by atoms with E-state index in [2.05, 4.69) is 9.89 Å². The molecular weight excluding hydrogens is 174 g/mol. The fraction of sp³-hybridized carbons (Fsp3) is 0.364. The van der Waals surface area contributed by atoms with E-state index in [4.69, 9.17) is 5.73 Å². The minimum Gasteiger partial charge on any atom is -0.360 e. The SMILES string of the molecule is CN1CCN=C1C(N)c1ccccc1. The summed E-state index contributed by atoms with van der Waals surface area (Å²) in [5.41, 5.74) is 7.24. The van der Waals surface area contributed by atoms with E-state index in [1.54, 1.807) is 0 Å². The Balaban J connectivity index is 2.20. The monoisotopic (exact) mass is 189 g/mol. The lowest BCUT2D eigenvalue weighted by atomic mass is 10.1. The van der Waals surface area contributed by atoms with Gasteiger partial charge in [-0.2, -0.15) is 0 Å². The van der Waals surface area contributed by atoms with E-state index in [-0.39, 0.29) is 6.04 Å². The molecular formula is C11H15N3. The van der Waals surface area contributed by atoms with Gasteiger partial charge in [0.25, 0.3) is 0 Å². The minimum atomic E-state index is -0.0799. The topological polar surface area (TPSA) is 41.6 Å². The van der Waals surface area contributed by atoms with Gasteiger partial charge in [0.2, 0.25) is 0 Å². The lowest BCUT2D eigenvalue weighted by molar-refractivity contribution is 0.537. The standard InChI is InChI=1S/C11H15N3/c1-14-8-7-13-11(14)10(12)9-5-3-2-4-6-9/h2-6,10H,7-8,12H2,1H3. The Hall–Kier alpha value is -1.35. The highest BCUT2D eigenvalue weighted by Crippen LogP contribution is 2.15. The van der Waals surface area contributed by atoms with E-state index in [1.807, 2.05) is 37.4 Å². The number of nitrogens with two attached hydrogens (primary N) is 1. The fourth-order valence-corrected chi connectivity index (χ4v) is 1.70. The molecule has 0 amide bonds. The van der Waals surface area contributed by atoms with Crippen LogP contribution in [0.3, 0.4) is 0 Å². The van der Waals surface area contributed by atoms with Crippen molar-refractivity contribution in [3.63, 3.8) is 0 Å². The summed E-state index contributed by atoms with van der Waals surface area (Å²) in [6.07, 6.45) is 0. The first kappa shape index (κ1) is 9.21. The Morgan fingerprint density at radius 3 is 2.64 bits per heavy atom. The summed E-state index contributed by atoms with van der Waals surface area (Å²) in [6.45, 7) is 1.85. The first-order valence-electron chi connectivity index (χ1n) is 4.85. The molecule has 0 saturated heterocycles. The molecule has 2 N–H and O–H groups in total. The molecule has 14 heavy (non-hydrogen) atoms. The van der Waals surface area contributed by atoms with Gasteiger partial charge in [-0.3, -0.25) is 4.99 Å². The summed E-state index contributed by atoms with van der Waals surface area (Å²) in [6, 6.07) is 10.0. The van der Waals surface area contributed by atoms with E-state index in [1.165, 1.54) is 0 Å². The van der Waals surface area contributed by atoms with Crippen LogP contribution in [0.2, 0.25) is 0 Å². The molecule has 0 aliphatic carbocycles. The normalized spacial score (nSPS) is 18.1. The maximum Gasteiger partial charge on any atom is 0.120 e. The summed E-state index contributed by atoms with van der Waals surface area (Å²) < 4.78 is 0. The third-order valence-corrected chi connectivity index (χ3v) is 2.54. The van der Waals surface area contributed by atoms with Gasteiger partial charge in [0, 0.05) is 13.6 Å². The Kier molecular flexibility index (Phi) is 2.50. The number of rotatable bonds is 2. The summed E-state index contributed by atoms with van der Waals surface area (Å²) in [5.74, 6) is 0.996. The summed E-state index contributed by atoms with van der Waals surface area (Å²) in [5, 5.41) is 0. The molecule has 1 aliphatic heterocycles. The van der Waals surface area contributed by atoms with Crippen LogP contribution in [0.25, 0.3) is 0 Å². The number of aliphatic imine (C=N–C) groups is 1. The number of hydrogen-bond donors (Lipinski definition) is 1. The number of benzene rings is 1. The van der Waals surface area contributed by atoms with Gasteiger partial charge >= 0.3 is 0 Å². The number of nitrogens with zero attached hydrogens (tertiary/aromatic N) is 2. The van der Waals surface area contributed by atoms with Crippen LogP contribution in [0.5, 0.6) is 0 Å². The van der Waals surface area contributed by atoms with E-state index < -0.39 is 0 Å². The summed E-state index contributed by atoms with van der Waals surface area (Å²) >= 11 is 0. The van der Waals surface area contributed by atoms with Gasteiger partial charge in [0.1, 0.15) is 5.84 Å². The van der Waals surface area contributed by atoms with Crippen LogP contribution in [0.15, 0.2) is 35.3 Å². The second-order valence-corrected chi connectivity index (χ2v) is 3.55. The zero-order valence-electron chi connectivity index (χ0n) is 8.35. The Morgan fingerprint density at radius 1 is 1.36 bits per heavy atom. The average Bonchev–Trinajstić information content (AvgIpc) is 2.65. The molecule has 1 atom stereocenters. The van der Waals surface area contributed by atoms with Crippen molar-refractivity contribution in [3.05, 3.63) is 35.9 Å². The van der Waals surface area contributed by atoms with Gasteiger partial charge in [0.05, 0.1) is 12.6 Å². The largest absolute Gasteiger partial charge is 0.360 e. The van der Waals surface area contributed by atoms with Crippen LogP contribution in [-0.2, 0) is 0 Å². The molecule has 1 aromatic rings. The second-order valence-electron chi connectivity index (χ2n) is 3.55. The van der Waals surface area contributed by atoms with Crippen LogP contribution < -0.4 is 5.73 Å². The molecule has 0 radical (unpaired) electrons. The van der Waals surface area contributed by atoms with Gasteiger partial charge in [-0.1, -0.05) is 30.3 Å². The fourth-order valence-electron chi connectivity index (χ4n) is 1.70. The van der Waals surface area contributed by atoms with Crippen LogP contribution in [0.4, 0.5) is 0 Å². The predicted octanol–water partition coefficient (Wildman–Crippen LogP) is 1.03. The lowest BCUT2D eigenvalue weighted by Crippen LogP contribution is -2.32. The highest BCUT2D eigenvalue weighted by molar-refractivity contribution is 5.89. The van der Waals surface area contributed by atoms with Crippen molar-refractivity contribution < 1.29 is 0 Å². The van der Waals surface area contributed by atoms with Crippen molar-refractivity contribution >= 4 is 5.84 Å². The first-order valence-corrected chi connectivity index (χ1v) is 4.85. The third-order valence-electron chi connectivity index (χ3n) is 2.54. The van der Waals surface area contributed by atoms with Crippen molar-refractivity contribution in [3.8, 4) is 0 Å². The number of likely N-dealkylation sites (N-methyl/N-ethyl adjacent to an activating group) is 1. The molecule has 2 rings (SSSR count). The first-order chi connectivity index (χ1) is 6.79. The van der Waals surface area contributed by atoms with Gasteiger partial charge < -0.3 is 10.6 Å². The van der Waals surface area contributed by atoms with Crippen LogP contribution in [-0.4, -0.2) is 30.9 Å². The number of amidine groups is 1. The van der Waals surface area contributed by atoms with Gasteiger partial charge in [0.15, 0.2) is 0 Å². The van der Waals surface area contributed by atoms with Gasteiger partial charge in [-0.25, -0.2) is 0 Å². The Bertz CT molecular complexity index is 332. The molecule has 1 aliphatic rings.